The fourth-order valence-electron chi connectivity index (χ4n) is 2.58. The summed E-state index contributed by atoms with van der Waals surface area (Å²) in [5.74, 6) is 0.226. The van der Waals surface area contributed by atoms with E-state index in [0.29, 0.717) is 18.0 Å². The van der Waals surface area contributed by atoms with Crippen molar-refractivity contribution < 1.29 is 28.9 Å². The third-order valence-electron chi connectivity index (χ3n) is 4.19. The van der Waals surface area contributed by atoms with Gasteiger partial charge in [0, 0.05) is 5.69 Å². The minimum Gasteiger partial charge on any atom is -0.494 e. The largest absolute Gasteiger partial charge is 0.494 e. The number of rotatable bonds is 9. The van der Waals surface area contributed by atoms with Crippen molar-refractivity contribution in [3.05, 3.63) is 54.1 Å². The van der Waals surface area contributed by atoms with E-state index >= 15 is 0 Å². The van der Waals surface area contributed by atoms with Gasteiger partial charge in [0.2, 0.25) is 0 Å². The highest BCUT2D eigenvalue weighted by molar-refractivity contribution is 5.84. The third-order valence-corrected chi connectivity index (χ3v) is 4.19. The number of carboxylic acids is 1. The van der Waals surface area contributed by atoms with E-state index < -0.39 is 23.3 Å². The zero-order valence-electron chi connectivity index (χ0n) is 18.7. The van der Waals surface area contributed by atoms with Crippen LogP contribution < -0.4 is 14.8 Å². The Balaban J connectivity index is 1.74. The van der Waals surface area contributed by atoms with Gasteiger partial charge in [-0.05, 0) is 89.4 Å². The summed E-state index contributed by atoms with van der Waals surface area (Å²) < 4.78 is 16.5. The summed E-state index contributed by atoms with van der Waals surface area (Å²) >= 11 is 0. The molecular formula is C24H31NO6. The standard InChI is InChI=1S/C24H31NO6/c1-23(2,3)31-22(28)25-18-10-14-19(15-11-18)29-16-6-7-17-8-12-20(13-9-17)30-24(4,5)21(26)27/h8-15H,6-7,16H2,1-5H3,(H,25,28)(H,26,27). The number of benzene rings is 2. The maximum atomic E-state index is 11.8. The van der Waals surface area contributed by atoms with E-state index in [9.17, 15) is 9.59 Å². The minimum absolute atomic E-state index is 0.496. The van der Waals surface area contributed by atoms with Gasteiger partial charge in [-0.25, -0.2) is 9.59 Å². The minimum atomic E-state index is -1.27. The molecule has 0 heterocycles. The number of anilines is 1. The third kappa shape index (κ3) is 8.58. The molecule has 0 unspecified atom stereocenters. The molecule has 0 bridgehead atoms. The number of hydrogen-bond donors (Lipinski definition) is 2. The summed E-state index contributed by atoms with van der Waals surface area (Å²) in [7, 11) is 0. The first-order chi connectivity index (χ1) is 14.4. The molecule has 7 nitrogen and oxygen atoms in total. The molecule has 2 N–H and O–H groups in total. The van der Waals surface area contributed by atoms with E-state index in [1.165, 1.54) is 13.8 Å². The summed E-state index contributed by atoms with van der Waals surface area (Å²) in [6.45, 7) is 9.01. The maximum Gasteiger partial charge on any atom is 0.412 e. The van der Waals surface area contributed by atoms with Crippen LogP contribution in [0.1, 0.15) is 46.6 Å². The normalized spacial score (nSPS) is 11.5. The molecule has 2 rings (SSSR count). The topological polar surface area (TPSA) is 94.1 Å². The Hall–Kier alpha value is -3.22. The van der Waals surface area contributed by atoms with E-state index in [1.54, 1.807) is 36.4 Å². The molecule has 1 amide bonds. The van der Waals surface area contributed by atoms with Gasteiger partial charge in [-0.3, -0.25) is 5.32 Å². The molecule has 0 aliphatic carbocycles. The molecule has 0 aromatic heterocycles. The summed E-state index contributed by atoms with van der Waals surface area (Å²) in [4.78, 5) is 22.9. The average molecular weight is 430 g/mol. The van der Waals surface area contributed by atoms with Crippen LogP contribution in [0.3, 0.4) is 0 Å². The Morgan fingerprint density at radius 1 is 0.903 bits per heavy atom. The first kappa shape index (κ1) is 24.1. The van der Waals surface area contributed by atoms with Gasteiger partial charge in [0.1, 0.15) is 17.1 Å². The van der Waals surface area contributed by atoms with Crippen molar-refractivity contribution in [2.75, 3.05) is 11.9 Å². The molecule has 0 radical (unpaired) electrons. The highest BCUT2D eigenvalue weighted by Gasteiger charge is 2.29. The fourth-order valence-corrected chi connectivity index (χ4v) is 2.58. The summed E-state index contributed by atoms with van der Waals surface area (Å²) in [6, 6.07) is 14.5. The van der Waals surface area contributed by atoms with Gasteiger partial charge in [0.25, 0.3) is 0 Å². The lowest BCUT2D eigenvalue weighted by Crippen LogP contribution is -2.37. The predicted molar refractivity (Wildman–Crippen MR) is 119 cm³/mol. The number of carbonyl (C=O) groups is 2. The monoisotopic (exact) mass is 429 g/mol. The van der Waals surface area contributed by atoms with Crippen LogP contribution in [0.2, 0.25) is 0 Å². The van der Waals surface area contributed by atoms with Gasteiger partial charge in [-0.1, -0.05) is 12.1 Å². The number of aryl methyl sites for hydroxylation is 1. The van der Waals surface area contributed by atoms with E-state index in [1.807, 2.05) is 32.9 Å². The molecule has 168 valence electrons. The lowest BCUT2D eigenvalue weighted by molar-refractivity contribution is -0.152. The van der Waals surface area contributed by atoms with Gasteiger partial charge in [-0.2, -0.15) is 0 Å². The Labute approximate surface area is 183 Å². The van der Waals surface area contributed by atoms with Gasteiger partial charge in [0.05, 0.1) is 6.61 Å². The van der Waals surface area contributed by atoms with Gasteiger partial charge in [-0.15, -0.1) is 0 Å². The number of carboxylic acid groups (broad SMARTS) is 1. The summed E-state index contributed by atoms with van der Waals surface area (Å²) in [5, 5.41) is 11.8. The van der Waals surface area contributed by atoms with Crippen molar-refractivity contribution in [3.8, 4) is 11.5 Å². The number of ether oxygens (including phenoxy) is 3. The van der Waals surface area contributed by atoms with Crippen molar-refractivity contribution in [3.63, 3.8) is 0 Å². The molecule has 0 atom stereocenters. The summed E-state index contributed by atoms with van der Waals surface area (Å²) in [6.07, 6.45) is 1.14. The molecule has 31 heavy (non-hydrogen) atoms. The first-order valence-corrected chi connectivity index (χ1v) is 10.2. The molecule has 0 spiro atoms. The quantitative estimate of drug-likeness (QED) is 0.526. The lowest BCUT2D eigenvalue weighted by Gasteiger charge is -2.21. The van der Waals surface area contributed by atoms with Crippen molar-refractivity contribution in [1.29, 1.82) is 0 Å². The van der Waals surface area contributed by atoms with Crippen LogP contribution in [0.4, 0.5) is 10.5 Å². The molecule has 0 fully saturated rings. The van der Waals surface area contributed by atoms with Crippen LogP contribution in [0.5, 0.6) is 11.5 Å². The maximum absolute atomic E-state index is 11.8. The van der Waals surface area contributed by atoms with Crippen molar-refractivity contribution in [1.82, 2.24) is 0 Å². The van der Waals surface area contributed by atoms with Crippen LogP contribution in [0.15, 0.2) is 48.5 Å². The van der Waals surface area contributed by atoms with Crippen LogP contribution in [0.25, 0.3) is 0 Å². The Morgan fingerprint density at radius 3 is 2.03 bits per heavy atom. The number of carbonyl (C=O) groups excluding carboxylic acids is 1. The Kier molecular flexibility index (Phi) is 7.91. The SMILES string of the molecule is CC(C)(C)OC(=O)Nc1ccc(OCCCc2ccc(OC(C)(C)C(=O)O)cc2)cc1. The molecule has 2 aromatic rings. The molecule has 0 aliphatic heterocycles. The predicted octanol–water partition coefficient (Wildman–Crippen LogP) is 5.29. The highest BCUT2D eigenvalue weighted by atomic mass is 16.6. The fraction of sp³-hybridized carbons (Fsp3) is 0.417. The molecule has 0 saturated carbocycles. The summed E-state index contributed by atoms with van der Waals surface area (Å²) in [5.41, 5.74) is -0.0703. The Morgan fingerprint density at radius 2 is 1.48 bits per heavy atom. The van der Waals surface area contributed by atoms with E-state index in [-0.39, 0.29) is 0 Å². The smallest absolute Gasteiger partial charge is 0.412 e. The van der Waals surface area contributed by atoms with E-state index in [0.717, 1.165) is 24.2 Å². The van der Waals surface area contributed by atoms with Crippen LogP contribution >= 0.6 is 0 Å². The molecule has 0 saturated heterocycles. The van der Waals surface area contributed by atoms with Crippen molar-refractivity contribution in [2.24, 2.45) is 0 Å². The molecule has 0 aliphatic rings. The zero-order chi connectivity index (χ0) is 23.1. The van der Waals surface area contributed by atoms with Gasteiger partial charge >= 0.3 is 12.1 Å². The highest BCUT2D eigenvalue weighted by Crippen LogP contribution is 2.20. The second kappa shape index (κ2) is 10.2. The number of hydrogen-bond acceptors (Lipinski definition) is 5. The second-order valence-electron chi connectivity index (χ2n) is 8.66. The molecule has 7 heteroatoms. The average Bonchev–Trinajstić information content (AvgIpc) is 2.66. The first-order valence-electron chi connectivity index (χ1n) is 10.2. The number of nitrogens with one attached hydrogen (secondary N) is 1. The van der Waals surface area contributed by atoms with E-state index in [4.69, 9.17) is 19.3 Å². The van der Waals surface area contributed by atoms with Gasteiger partial charge in [0.15, 0.2) is 5.60 Å². The molecule has 2 aromatic carbocycles. The van der Waals surface area contributed by atoms with E-state index in [2.05, 4.69) is 5.32 Å². The van der Waals surface area contributed by atoms with Gasteiger partial charge < -0.3 is 19.3 Å². The van der Waals surface area contributed by atoms with Crippen LogP contribution in [-0.2, 0) is 16.0 Å². The van der Waals surface area contributed by atoms with Crippen molar-refractivity contribution >= 4 is 17.7 Å². The van der Waals surface area contributed by atoms with Crippen LogP contribution in [0, 0.1) is 0 Å². The Bertz CT molecular complexity index is 866. The molecular weight excluding hydrogens is 398 g/mol. The second-order valence-corrected chi connectivity index (χ2v) is 8.66. The lowest BCUT2D eigenvalue weighted by atomic mass is 10.1. The zero-order valence-corrected chi connectivity index (χ0v) is 18.7. The number of amides is 1. The van der Waals surface area contributed by atoms with Crippen molar-refractivity contribution in [2.45, 2.75) is 58.7 Å². The number of aliphatic carboxylic acids is 1. The van der Waals surface area contributed by atoms with Crippen LogP contribution in [-0.4, -0.2) is 35.0 Å².